The molecule has 6 nitrogen and oxygen atoms in total. The summed E-state index contributed by atoms with van der Waals surface area (Å²) in [6.45, 7) is 5.46. The summed E-state index contributed by atoms with van der Waals surface area (Å²) in [4.78, 5) is 25.7. The molecule has 0 saturated carbocycles. The molecular formula is C17H23NO5. The summed E-state index contributed by atoms with van der Waals surface area (Å²) in [5.41, 5.74) is 0.207. The van der Waals surface area contributed by atoms with E-state index in [1.165, 1.54) is 4.90 Å². The highest BCUT2D eigenvalue weighted by atomic mass is 16.6. The SMILES string of the molecule is CC(C)(C)OC(=O)[C@H]1C[C@@H](O)CN1C(=O)OCc1ccccc1. The molecule has 2 rings (SSSR count). The normalized spacial score (nSPS) is 21.1. The number of esters is 1. The van der Waals surface area contributed by atoms with Crippen molar-refractivity contribution >= 4 is 12.1 Å². The van der Waals surface area contributed by atoms with Crippen molar-refractivity contribution in [2.75, 3.05) is 6.54 Å². The fourth-order valence-corrected chi connectivity index (χ4v) is 2.41. The van der Waals surface area contributed by atoms with E-state index < -0.39 is 29.8 Å². The van der Waals surface area contributed by atoms with Gasteiger partial charge >= 0.3 is 12.1 Å². The minimum absolute atomic E-state index is 0.0670. The quantitative estimate of drug-likeness (QED) is 0.863. The number of aliphatic hydroxyl groups excluding tert-OH is 1. The van der Waals surface area contributed by atoms with Crippen molar-refractivity contribution < 1.29 is 24.2 Å². The molecule has 0 spiro atoms. The van der Waals surface area contributed by atoms with Gasteiger partial charge < -0.3 is 14.6 Å². The van der Waals surface area contributed by atoms with Crippen LogP contribution >= 0.6 is 0 Å². The van der Waals surface area contributed by atoms with Crippen LogP contribution in [-0.4, -0.2) is 46.4 Å². The maximum atomic E-state index is 12.2. The van der Waals surface area contributed by atoms with Crippen LogP contribution in [0.15, 0.2) is 30.3 Å². The second-order valence-electron chi connectivity index (χ2n) is 6.63. The molecule has 1 N–H and O–H groups in total. The number of β-amino-alcohol motifs (C(OH)–C–C–N with tert-alkyl or cyclic N) is 1. The molecule has 0 aromatic heterocycles. The standard InChI is InChI=1S/C17H23NO5/c1-17(2,3)23-15(20)14-9-13(19)10-18(14)16(21)22-11-12-7-5-4-6-8-12/h4-8,13-14,19H,9-11H2,1-3H3/t13-,14-/m1/s1. The van der Waals surface area contributed by atoms with Crippen molar-refractivity contribution in [3.05, 3.63) is 35.9 Å². The molecule has 2 atom stereocenters. The Bertz CT molecular complexity index is 552. The molecule has 1 aliphatic heterocycles. The highest BCUT2D eigenvalue weighted by Gasteiger charge is 2.41. The van der Waals surface area contributed by atoms with Crippen LogP contribution in [0.1, 0.15) is 32.8 Å². The Morgan fingerprint density at radius 3 is 2.52 bits per heavy atom. The summed E-state index contributed by atoms with van der Waals surface area (Å²) < 4.78 is 10.6. The van der Waals surface area contributed by atoms with Crippen LogP contribution in [0.4, 0.5) is 4.79 Å². The molecule has 1 aromatic carbocycles. The van der Waals surface area contributed by atoms with E-state index in [0.717, 1.165) is 5.56 Å². The van der Waals surface area contributed by atoms with E-state index in [4.69, 9.17) is 9.47 Å². The molecule has 0 bridgehead atoms. The Labute approximate surface area is 136 Å². The highest BCUT2D eigenvalue weighted by molar-refractivity contribution is 5.82. The van der Waals surface area contributed by atoms with E-state index in [9.17, 15) is 14.7 Å². The van der Waals surface area contributed by atoms with Crippen molar-refractivity contribution in [2.45, 2.75) is 51.5 Å². The predicted molar refractivity (Wildman–Crippen MR) is 83.6 cm³/mol. The summed E-state index contributed by atoms with van der Waals surface area (Å²) in [6.07, 6.45) is -1.21. The second kappa shape index (κ2) is 7.00. The third-order valence-electron chi connectivity index (χ3n) is 3.40. The largest absolute Gasteiger partial charge is 0.458 e. The van der Waals surface area contributed by atoms with Crippen molar-refractivity contribution in [2.24, 2.45) is 0 Å². The van der Waals surface area contributed by atoms with Crippen molar-refractivity contribution in [3.63, 3.8) is 0 Å². The molecule has 0 aliphatic carbocycles. The van der Waals surface area contributed by atoms with Gasteiger partial charge in [0.25, 0.3) is 0 Å². The van der Waals surface area contributed by atoms with Crippen LogP contribution in [0.25, 0.3) is 0 Å². The van der Waals surface area contributed by atoms with E-state index >= 15 is 0 Å². The number of likely N-dealkylation sites (tertiary alicyclic amines) is 1. The fourth-order valence-electron chi connectivity index (χ4n) is 2.41. The molecule has 1 heterocycles. The van der Waals surface area contributed by atoms with Crippen LogP contribution in [0.2, 0.25) is 0 Å². The fraction of sp³-hybridized carbons (Fsp3) is 0.529. The molecule has 126 valence electrons. The van der Waals surface area contributed by atoms with Gasteiger partial charge in [-0.25, -0.2) is 9.59 Å². The van der Waals surface area contributed by atoms with Crippen molar-refractivity contribution in [3.8, 4) is 0 Å². The van der Waals surface area contributed by atoms with Crippen LogP contribution in [-0.2, 0) is 20.9 Å². The Balaban J connectivity index is 1.98. The van der Waals surface area contributed by atoms with Gasteiger partial charge in [0.1, 0.15) is 18.2 Å². The third kappa shape index (κ3) is 4.96. The zero-order chi connectivity index (χ0) is 17.0. The maximum absolute atomic E-state index is 12.2. The minimum atomic E-state index is -0.813. The molecule has 0 radical (unpaired) electrons. The van der Waals surface area contributed by atoms with Gasteiger partial charge in [0.05, 0.1) is 12.6 Å². The smallest absolute Gasteiger partial charge is 0.410 e. The lowest BCUT2D eigenvalue weighted by Crippen LogP contribution is -2.43. The number of ether oxygens (including phenoxy) is 2. The van der Waals surface area contributed by atoms with E-state index in [2.05, 4.69) is 0 Å². The highest BCUT2D eigenvalue weighted by Crippen LogP contribution is 2.22. The van der Waals surface area contributed by atoms with E-state index in [-0.39, 0.29) is 19.6 Å². The molecule has 1 aromatic rings. The Morgan fingerprint density at radius 1 is 1.26 bits per heavy atom. The average molecular weight is 321 g/mol. The van der Waals surface area contributed by atoms with Crippen molar-refractivity contribution in [1.29, 1.82) is 0 Å². The number of aliphatic hydroxyl groups is 1. The molecule has 1 fully saturated rings. The molecule has 6 heteroatoms. The number of carbonyl (C=O) groups excluding carboxylic acids is 2. The molecular weight excluding hydrogens is 298 g/mol. The Morgan fingerprint density at radius 2 is 1.91 bits per heavy atom. The molecule has 1 saturated heterocycles. The Kier molecular flexibility index (Phi) is 5.26. The Hall–Kier alpha value is -2.08. The van der Waals surface area contributed by atoms with Crippen molar-refractivity contribution in [1.82, 2.24) is 4.90 Å². The molecule has 1 amide bonds. The lowest BCUT2D eigenvalue weighted by atomic mass is 10.1. The van der Waals surface area contributed by atoms with E-state index in [1.54, 1.807) is 20.8 Å². The topological polar surface area (TPSA) is 76.1 Å². The summed E-state index contributed by atoms with van der Waals surface area (Å²) >= 11 is 0. The van der Waals surface area contributed by atoms with Crippen LogP contribution < -0.4 is 0 Å². The number of nitrogens with zero attached hydrogens (tertiary/aromatic N) is 1. The lowest BCUT2D eigenvalue weighted by molar-refractivity contribution is -0.159. The predicted octanol–water partition coefficient (Wildman–Crippen LogP) is 2.10. The summed E-state index contributed by atoms with van der Waals surface area (Å²) in [5.74, 6) is -0.522. The first-order valence-corrected chi connectivity index (χ1v) is 7.64. The van der Waals surface area contributed by atoms with Gasteiger partial charge in [-0.15, -0.1) is 0 Å². The number of benzene rings is 1. The summed E-state index contributed by atoms with van der Waals surface area (Å²) in [5, 5.41) is 9.79. The molecule has 1 aliphatic rings. The van der Waals surface area contributed by atoms with Crippen LogP contribution in [0.5, 0.6) is 0 Å². The minimum Gasteiger partial charge on any atom is -0.458 e. The third-order valence-corrected chi connectivity index (χ3v) is 3.40. The average Bonchev–Trinajstić information content (AvgIpc) is 2.86. The molecule has 0 unspecified atom stereocenters. The second-order valence-corrected chi connectivity index (χ2v) is 6.63. The first kappa shape index (κ1) is 17.3. The van der Waals surface area contributed by atoms with E-state index in [1.807, 2.05) is 30.3 Å². The van der Waals surface area contributed by atoms with Gasteiger partial charge in [-0.05, 0) is 26.3 Å². The first-order valence-electron chi connectivity index (χ1n) is 7.64. The van der Waals surface area contributed by atoms with Gasteiger partial charge in [-0.2, -0.15) is 0 Å². The number of hydrogen-bond donors (Lipinski definition) is 1. The van der Waals surface area contributed by atoms with Gasteiger partial charge in [0.15, 0.2) is 0 Å². The van der Waals surface area contributed by atoms with Crippen LogP contribution in [0, 0.1) is 0 Å². The lowest BCUT2D eigenvalue weighted by Gasteiger charge is -2.26. The van der Waals surface area contributed by atoms with Gasteiger partial charge in [0, 0.05) is 6.42 Å². The number of carbonyl (C=O) groups is 2. The first-order chi connectivity index (χ1) is 10.8. The van der Waals surface area contributed by atoms with Gasteiger partial charge in [-0.1, -0.05) is 30.3 Å². The summed E-state index contributed by atoms with van der Waals surface area (Å²) in [6, 6.07) is 8.46. The molecule has 23 heavy (non-hydrogen) atoms. The zero-order valence-electron chi connectivity index (χ0n) is 13.7. The number of hydrogen-bond acceptors (Lipinski definition) is 5. The zero-order valence-corrected chi connectivity index (χ0v) is 13.7. The maximum Gasteiger partial charge on any atom is 0.410 e. The van der Waals surface area contributed by atoms with Gasteiger partial charge in [-0.3, -0.25) is 4.90 Å². The van der Waals surface area contributed by atoms with E-state index in [0.29, 0.717) is 0 Å². The number of rotatable bonds is 3. The summed E-state index contributed by atoms with van der Waals surface area (Å²) in [7, 11) is 0. The number of amides is 1. The van der Waals surface area contributed by atoms with Crippen LogP contribution in [0.3, 0.4) is 0 Å². The van der Waals surface area contributed by atoms with Gasteiger partial charge in [0.2, 0.25) is 0 Å². The monoisotopic (exact) mass is 321 g/mol.